The van der Waals surface area contributed by atoms with Crippen molar-refractivity contribution in [2.45, 2.75) is 6.18 Å². The monoisotopic (exact) mass is 268 g/mol. The van der Waals surface area contributed by atoms with E-state index in [9.17, 15) is 18.0 Å². The molecule has 0 aromatic heterocycles. The molecule has 0 aliphatic carbocycles. The first kappa shape index (κ1) is 13.2. The molecule has 0 unspecified atom stereocenters. The Morgan fingerprint density at radius 2 is 1.74 bits per heavy atom. The van der Waals surface area contributed by atoms with Gasteiger partial charge in [0.05, 0.1) is 5.69 Å². The highest BCUT2D eigenvalue weighted by atomic mass is 19.4. The summed E-state index contributed by atoms with van der Waals surface area (Å²) in [5, 5.41) is 5.84. The molecule has 0 radical (unpaired) electrons. The number of anilines is 1. The van der Waals surface area contributed by atoms with Crippen LogP contribution in [0.1, 0.15) is 0 Å². The summed E-state index contributed by atoms with van der Waals surface area (Å²) < 4.78 is 35.9. The lowest BCUT2D eigenvalue weighted by Gasteiger charge is -2.11. The van der Waals surface area contributed by atoms with Gasteiger partial charge in [0.15, 0.2) is 0 Å². The van der Waals surface area contributed by atoms with Gasteiger partial charge in [-0.25, -0.2) is 4.79 Å². The lowest BCUT2D eigenvalue weighted by atomic mass is 10.1. The molecule has 0 atom stereocenters. The van der Waals surface area contributed by atoms with Crippen molar-refractivity contribution < 1.29 is 18.0 Å². The van der Waals surface area contributed by atoms with Crippen LogP contribution >= 0.6 is 0 Å². The van der Waals surface area contributed by atoms with E-state index >= 15 is 0 Å². The summed E-state index contributed by atoms with van der Waals surface area (Å²) in [4.78, 5) is 11.4. The summed E-state index contributed by atoms with van der Waals surface area (Å²) in [7, 11) is 0. The normalized spacial score (nSPS) is 11.3. The number of fused-ring (bicyclic) bond motifs is 1. The third kappa shape index (κ3) is 3.61. The zero-order valence-electron chi connectivity index (χ0n) is 9.79. The number of nitrogens with one attached hydrogen (secondary N) is 2. The van der Waals surface area contributed by atoms with Gasteiger partial charge in [0, 0.05) is 5.39 Å². The number of carbonyl (C=O) groups excluding carboxylic acids is 1. The first-order chi connectivity index (χ1) is 8.96. The molecule has 6 heteroatoms. The first-order valence-corrected chi connectivity index (χ1v) is 5.55. The zero-order valence-corrected chi connectivity index (χ0v) is 9.79. The molecule has 0 spiro atoms. The molecule has 0 saturated heterocycles. The predicted molar refractivity (Wildman–Crippen MR) is 67.0 cm³/mol. The maximum absolute atomic E-state index is 12.0. The lowest BCUT2D eigenvalue weighted by molar-refractivity contribution is -0.122. The summed E-state index contributed by atoms with van der Waals surface area (Å²) in [5.74, 6) is 0. The van der Waals surface area contributed by atoms with Crippen molar-refractivity contribution in [1.82, 2.24) is 5.32 Å². The number of benzene rings is 2. The maximum atomic E-state index is 12.0. The minimum Gasteiger partial charge on any atom is -0.329 e. The van der Waals surface area contributed by atoms with E-state index in [1.807, 2.05) is 18.2 Å². The van der Waals surface area contributed by atoms with Crippen molar-refractivity contribution in [1.29, 1.82) is 0 Å². The van der Waals surface area contributed by atoms with Crippen molar-refractivity contribution in [3.63, 3.8) is 0 Å². The highest BCUT2D eigenvalue weighted by Gasteiger charge is 2.27. The third-order valence-electron chi connectivity index (χ3n) is 2.49. The van der Waals surface area contributed by atoms with Gasteiger partial charge in [0.25, 0.3) is 0 Å². The minimum absolute atomic E-state index is 0.470. The molecule has 0 aliphatic rings. The number of carbonyl (C=O) groups is 1. The van der Waals surface area contributed by atoms with Crippen LogP contribution in [-0.4, -0.2) is 18.8 Å². The van der Waals surface area contributed by atoms with Crippen molar-refractivity contribution in [2.75, 3.05) is 11.9 Å². The summed E-state index contributed by atoms with van der Waals surface area (Å²) in [6, 6.07) is 11.6. The summed E-state index contributed by atoms with van der Waals surface area (Å²) in [6.45, 7) is -1.36. The van der Waals surface area contributed by atoms with E-state index in [1.54, 1.807) is 29.6 Å². The number of hydrogen-bond acceptors (Lipinski definition) is 1. The van der Waals surface area contributed by atoms with E-state index in [2.05, 4.69) is 5.32 Å². The SMILES string of the molecule is O=C(NCC(F)(F)F)Nc1cccc2ccccc12. The van der Waals surface area contributed by atoms with E-state index < -0.39 is 18.8 Å². The van der Waals surface area contributed by atoms with Crippen molar-refractivity contribution >= 4 is 22.5 Å². The smallest absolute Gasteiger partial charge is 0.329 e. The van der Waals surface area contributed by atoms with Crippen molar-refractivity contribution in [3.05, 3.63) is 42.5 Å². The van der Waals surface area contributed by atoms with Gasteiger partial charge in [-0.3, -0.25) is 0 Å². The zero-order chi connectivity index (χ0) is 13.9. The fourth-order valence-electron chi connectivity index (χ4n) is 1.68. The predicted octanol–water partition coefficient (Wildman–Crippen LogP) is 3.52. The molecular weight excluding hydrogens is 257 g/mol. The fourth-order valence-corrected chi connectivity index (χ4v) is 1.68. The maximum Gasteiger partial charge on any atom is 0.405 e. The van der Waals surface area contributed by atoms with Gasteiger partial charge in [-0.1, -0.05) is 36.4 Å². The molecule has 2 aromatic rings. The summed E-state index contributed by atoms with van der Waals surface area (Å²) >= 11 is 0. The molecule has 0 saturated carbocycles. The molecule has 0 fully saturated rings. The molecule has 2 aromatic carbocycles. The van der Waals surface area contributed by atoms with E-state index in [0.717, 1.165) is 10.8 Å². The van der Waals surface area contributed by atoms with Crippen LogP contribution in [0.2, 0.25) is 0 Å². The molecule has 2 amide bonds. The van der Waals surface area contributed by atoms with Crippen molar-refractivity contribution in [2.24, 2.45) is 0 Å². The topological polar surface area (TPSA) is 41.1 Å². The minimum atomic E-state index is -4.42. The number of amides is 2. The van der Waals surface area contributed by atoms with Gasteiger partial charge in [0.2, 0.25) is 0 Å². The van der Waals surface area contributed by atoms with Crippen LogP contribution in [0, 0.1) is 0 Å². The average Bonchev–Trinajstić information content (AvgIpc) is 2.36. The molecule has 2 N–H and O–H groups in total. The second-order valence-corrected chi connectivity index (χ2v) is 3.95. The number of urea groups is 1. The lowest BCUT2D eigenvalue weighted by Crippen LogP contribution is -2.36. The van der Waals surface area contributed by atoms with Gasteiger partial charge in [-0.15, -0.1) is 0 Å². The third-order valence-corrected chi connectivity index (χ3v) is 2.49. The highest BCUT2D eigenvalue weighted by Crippen LogP contribution is 2.22. The second-order valence-electron chi connectivity index (χ2n) is 3.95. The molecule has 2 rings (SSSR count). The number of rotatable bonds is 2. The Balaban J connectivity index is 2.11. The van der Waals surface area contributed by atoms with Crippen LogP contribution in [0.3, 0.4) is 0 Å². The average molecular weight is 268 g/mol. The fraction of sp³-hybridized carbons (Fsp3) is 0.154. The summed E-state index contributed by atoms with van der Waals surface area (Å²) in [5.41, 5.74) is 0.470. The van der Waals surface area contributed by atoms with Crippen molar-refractivity contribution in [3.8, 4) is 0 Å². The molecule has 0 heterocycles. The standard InChI is InChI=1S/C13H11F3N2O/c14-13(15,16)8-17-12(19)18-11-7-3-5-9-4-1-2-6-10(9)11/h1-7H,8H2,(H2,17,18,19). The number of halogens is 3. The van der Waals surface area contributed by atoms with Crippen LogP contribution in [0.4, 0.5) is 23.7 Å². The summed E-state index contributed by atoms with van der Waals surface area (Å²) in [6.07, 6.45) is -4.42. The largest absolute Gasteiger partial charge is 0.405 e. The molecule has 19 heavy (non-hydrogen) atoms. The molecule has 0 bridgehead atoms. The second kappa shape index (κ2) is 5.17. The quantitative estimate of drug-likeness (QED) is 0.859. The van der Waals surface area contributed by atoms with Crippen LogP contribution in [-0.2, 0) is 0 Å². The Morgan fingerprint density at radius 1 is 1.05 bits per heavy atom. The van der Waals surface area contributed by atoms with E-state index in [-0.39, 0.29) is 0 Å². The van der Waals surface area contributed by atoms with Gasteiger partial charge >= 0.3 is 12.2 Å². The number of alkyl halides is 3. The Morgan fingerprint density at radius 3 is 2.47 bits per heavy atom. The van der Waals surface area contributed by atoms with E-state index in [0.29, 0.717) is 5.69 Å². The molecular formula is C13H11F3N2O. The van der Waals surface area contributed by atoms with Crippen LogP contribution in [0.5, 0.6) is 0 Å². The molecule has 0 aliphatic heterocycles. The van der Waals surface area contributed by atoms with Crippen LogP contribution in [0.25, 0.3) is 10.8 Å². The van der Waals surface area contributed by atoms with E-state index in [1.165, 1.54) is 0 Å². The molecule has 3 nitrogen and oxygen atoms in total. The number of hydrogen-bond donors (Lipinski definition) is 2. The van der Waals surface area contributed by atoms with Gasteiger partial charge in [-0.05, 0) is 11.5 Å². The van der Waals surface area contributed by atoms with Gasteiger partial charge in [0.1, 0.15) is 6.54 Å². The Bertz CT molecular complexity index is 590. The molecule has 100 valence electrons. The Kier molecular flexibility index (Phi) is 3.59. The Labute approximate surface area is 107 Å². The van der Waals surface area contributed by atoms with Gasteiger partial charge < -0.3 is 10.6 Å². The Hall–Kier alpha value is -2.24. The van der Waals surface area contributed by atoms with Gasteiger partial charge in [-0.2, -0.15) is 13.2 Å². The first-order valence-electron chi connectivity index (χ1n) is 5.55. The van der Waals surface area contributed by atoms with Crippen LogP contribution < -0.4 is 10.6 Å². The van der Waals surface area contributed by atoms with Crippen LogP contribution in [0.15, 0.2) is 42.5 Å². The van der Waals surface area contributed by atoms with E-state index in [4.69, 9.17) is 0 Å². The highest BCUT2D eigenvalue weighted by molar-refractivity contribution is 6.01.